The molecule has 78 valence electrons. The highest BCUT2D eigenvalue weighted by Gasteiger charge is 2.67. The fraction of sp³-hybridized carbons (Fsp3) is 0.750. The van der Waals surface area contributed by atoms with E-state index in [0.717, 1.165) is 0 Å². The lowest BCUT2D eigenvalue weighted by atomic mass is 9.97. The summed E-state index contributed by atoms with van der Waals surface area (Å²) in [5.74, 6) is -2.56. The monoisotopic (exact) mass is 202 g/mol. The fourth-order valence-corrected chi connectivity index (χ4v) is 1.65. The second kappa shape index (κ2) is 2.73. The molecule has 0 spiro atoms. The van der Waals surface area contributed by atoms with Crippen LogP contribution in [0.5, 0.6) is 0 Å². The number of rotatable bonds is 3. The van der Waals surface area contributed by atoms with Crippen molar-refractivity contribution >= 4 is 0 Å². The Balaban J connectivity index is 2.00. The van der Waals surface area contributed by atoms with Crippen LogP contribution in [0.2, 0.25) is 0 Å². The Labute approximate surface area is 79.9 Å². The zero-order valence-electron chi connectivity index (χ0n) is 7.80. The highest BCUT2D eigenvalue weighted by molar-refractivity contribution is 5.11. The molecule has 0 aliphatic heterocycles. The summed E-state index contributed by atoms with van der Waals surface area (Å²) < 4.78 is 25.8. The van der Waals surface area contributed by atoms with Gasteiger partial charge in [0.1, 0.15) is 0 Å². The Morgan fingerprint density at radius 3 is 2.79 bits per heavy atom. The summed E-state index contributed by atoms with van der Waals surface area (Å²) in [5.41, 5.74) is 5.31. The largest absolute Gasteiger partial charge is 0.323 e. The van der Waals surface area contributed by atoms with Crippen LogP contribution < -0.4 is 5.73 Å². The summed E-state index contributed by atoms with van der Waals surface area (Å²) in [5, 5.41) is 9.77. The molecule has 1 aromatic heterocycles. The number of halogens is 2. The maximum Gasteiger partial charge on any atom is 0.254 e. The SMILES string of the molecule is CC1(CC(N)c2cn[nH]n2)CC1(F)F. The van der Waals surface area contributed by atoms with Gasteiger partial charge in [0.2, 0.25) is 0 Å². The quantitative estimate of drug-likeness (QED) is 0.774. The summed E-state index contributed by atoms with van der Waals surface area (Å²) in [6.45, 7) is 1.55. The molecular weight excluding hydrogens is 190 g/mol. The van der Waals surface area contributed by atoms with Crippen molar-refractivity contribution in [1.82, 2.24) is 15.4 Å². The van der Waals surface area contributed by atoms with E-state index >= 15 is 0 Å². The molecule has 1 aliphatic rings. The number of alkyl halides is 2. The molecule has 0 amide bonds. The molecule has 14 heavy (non-hydrogen) atoms. The number of aromatic amines is 1. The molecule has 0 bridgehead atoms. The van der Waals surface area contributed by atoms with Crippen molar-refractivity contribution in [3.8, 4) is 0 Å². The van der Waals surface area contributed by atoms with Crippen molar-refractivity contribution < 1.29 is 8.78 Å². The maximum atomic E-state index is 12.9. The molecule has 1 heterocycles. The van der Waals surface area contributed by atoms with Crippen LogP contribution in [0, 0.1) is 5.41 Å². The molecule has 3 N–H and O–H groups in total. The van der Waals surface area contributed by atoms with E-state index in [1.54, 1.807) is 6.92 Å². The lowest BCUT2D eigenvalue weighted by molar-refractivity contribution is 0.0642. The highest BCUT2D eigenvalue weighted by Crippen LogP contribution is 2.63. The standard InChI is InChI=1S/C8H12F2N4/c1-7(4-8(7,9)10)2-5(11)6-3-12-14-13-6/h3,5H,2,4,11H2,1H3,(H,12,13,14). The fourth-order valence-electron chi connectivity index (χ4n) is 1.65. The van der Waals surface area contributed by atoms with Gasteiger partial charge in [0.05, 0.1) is 17.9 Å². The summed E-state index contributed by atoms with van der Waals surface area (Å²) in [7, 11) is 0. The van der Waals surface area contributed by atoms with Gasteiger partial charge in [-0.05, 0) is 6.42 Å². The van der Waals surface area contributed by atoms with Gasteiger partial charge in [0, 0.05) is 11.8 Å². The number of nitrogens with one attached hydrogen (secondary N) is 1. The van der Waals surface area contributed by atoms with E-state index in [9.17, 15) is 8.78 Å². The molecule has 1 aromatic rings. The lowest BCUT2D eigenvalue weighted by Crippen LogP contribution is -2.18. The molecule has 0 saturated heterocycles. The summed E-state index contributed by atoms with van der Waals surface area (Å²) >= 11 is 0. The first-order chi connectivity index (χ1) is 6.45. The molecule has 4 nitrogen and oxygen atoms in total. The highest BCUT2D eigenvalue weighted by atomic mass is 19.3. The van der Waals surface area contributed by atoms with Crippen LogP contribution in [-0.4, -0.2) is 21.3 Å². The third-order valence-electron chi connectivity index (χ3n) is 2.85. The van der Waals surface area contributed by atoms with E-state index in [1.165, 1.54) is 6.20 Å². The number of nitrogens with zero attached hydrogens (tertiary/aromatic N) is 2. The number of aromatic nitrogens is 3. The van der Waals surface area contributed by atoms with Crippen molar-refractivity contribution in [2.24, 2.45) is 11.1 Å². The van der Waals surface area contributed by atoms with E-state index in [1.807, 2.05) is 0 Å². The Hall–Kier alpha value is -1.04. The Morgan fingerprint density at radius 2 is 2.36 bits per heavy atom. The molecule has 1 fully saturated rings. The van der Waals surface area contributed by atoms with Gasteiger partial charge in [0.15, 0.2) is 0 Å². The first kappa shape index (κ1) is 9.51. The van der Waals surface area contributed by atoms with Gasteiger partial charge >= 0.3 is 0 Å². The van der Waals surface area contributed by atoms with E-state index < -0.39 is 17.4 Å². The van der Waals surface area contributed by atoms with Crippen molar-refractivity contribution in [3.63, 3.8) is 0 Å². The van der Waals surface area contributed by atoms with E-state index in [2.05, 4.69) is 15.4 Å². The first-order valence-corrected chi connectivity index (χ1v) is 4.44. The molecule has 2 atom stereocenters. The number of nitrogens with two attached hydrogens (primary N) is 1. The van der Waals surface area contributed by atoms with Crippen LogP contribution in [0.25, 0.3) is 0 Å². The molecule has 6 heteroatoms. The number of hydrogen-bond acceptors (Lipinski definition) is 3. The van der Waals surface area contributed by atoms with Gasteiger partial charge in [-0.1, -0.05) is 6.92 Å². The predicted octanol–water partition coefficient (Wildman–Crippen LogP) is 1.24. The maximum absolute atomic E-state index is 12.9. The number of H-pyrrole nitrogens is 1. The normalized spacial score (nSPS) is 31.4. The van der Waals surface area contributed by atoms with Gasteiger partial charge in [-0.25, -0.2) is 8.78 Å². The van der Waals surface area contributed by atoms with Crippen molar-refractivity contribution in [2.75, 3.05) is 0 Å². The topological polar surface area (TPSA) is 67.6 Å². The van der Waals surface area contributed by atoms with Gasteiger partial charge in [-0.3, -0.25) is 0 Å². The van der Waals surface area contributed by atoms with Crippen molar-refractivity contribution in [3.05, 3.63) is 11.9 Å². The molecule has 1 aliphatic carbocycles. The Bertz CT molecular complexity index is 324. The summed E-state index contributed by atoms with van der Waals surface area (Å²) in [4.78, 5) is 0. The zero-order valence-corrected chi connectivity index (χ0v) is 7.80. The Morgan fingerprint density at radius 1 is 1.71 bits per heavy atom. The zero-order chi connectivity index (χ0) is 10.4. The lowest BCUT2D eigenvalue weighted by Gasteiger charge is -2.14. The third-order valence-corrected chi connectivity index (χ3v) is 2.85. The van der Waals surface area contributed by atoms with Gasteiger partial charge in [0.25, 0.3) is 5.92 Å². The molecule has 0 radical (unpaired) electrons. The summed E-state index contributed by atoms with van der Waals surface area (Å²) in [6, 6.07) is -0.466. The first-order valence-electron chi connectivity index (χ1n) is 4.44. The Kier molecular flexibility index (Phi) is 1.85. The molecule has 0 aromatic carbocycles. The van der Waals surface area contributed by atoms with Gasteiger partial charge < -0.3 is 5.73 Å². The van der Waals surface area contributed by atoms with Crippen molar-refractivity contribution in [1.29, 1.82) is 0 Å². The predicted molar refractivity (Wildman–Crippen MR) is 45.6 cm³/mol. The minimum Gasteiger partial charge on any atom is -0.323 e. The van der Waals surface area contributed by atoms with Gasteiger partial charge in [-0.15, -0.1) is 0 Å². The molecule has 2 rings (SSSR count). The van der Waals surface area contributed by atoms with Gasteiger partial charge in [-0.2, -0.15) is 15.4 Å². The molecule has 2 unspecified atom stereocenters. The molecule has 1 saturated carbocycles. The minimum atomic E-state index is -2.56. The molecular formula is C8H12F2N4. The summed E-state index contributed by atoms with van der Waals surface area (Å²) in [6.07, 6.45) is 1.63. The van der Waals surface area contributed by atoms with E-state index in [-0.39, 0.29) is 12.8 Å². The van der Waals surface area contributed by atoms with Crippen LogP contribution in [0.4, 0.5) is 8.78 Å². The average molecular weight is 202 g/mol. The van der Waals surface area contributed by atoms with Crippen LogP contribution in [-0.2, 0) is 0 Å². The van der Waals surface area contributed by atoms with Crippen molar-refractivity contribution in [2.45, 2.75) is 31.7 Å². The van der Waals surface area contributed by atoms with E-state index in [4.69, 9.17) is 5.73 Å². The van der Waals surface area contributed by atoms with Crippen LogP contribution >= 0.6 is 0 Å². The van der Waals surface area contributed by atoms with Crippen LogP contribution in [0.1, 0.15) is 31.5 Å². The second-order valence-electron chi connectivity index (χ2n) is 4.15. The number of hydrogen-bond donors (Lipinski definition) is 2. The smallest absolute Gasteiger partial charge is 0.254 e. The van der Waals surface area contributed by atoms with Crippen LogP contribution in [0.15, 0.2) is 6.20 Å². The second-order valence-corrected chi connectivity index (χ2v) is 4.15. The van der Waals surface area contributed by atoms with Crippen LogP contribution in [0.3, 0.4) is 0 Å². The van der Waals surface area contributed by atoms with E-state index in [0.29, 0.717) is 5.69 Å². The average Bonchev–Trinajstić information content (AvgIpc) is 2.55. The third kappa shape index (κ3) is 1.39. The minimum absolute atomic E-state index is 0.0778.